The molecular weight excluding hydrogens is 234 g/mol. The van der Waals surface area contributed by atoms with Gasteiger partial charge in [0, 0.05) is 11.9 Å². The normalized spacial score (nSPS) is 12.8. The van der Waals surface area contributed by atoms with Crippen molar-refractivity contribution < 1.29 is 4.74 Å². The number of nitrogens with one attached hydrogen (secondary N) is 1. The van der Waals surface area contributed by atoms with E-state index in [0.717, 1.165) is 18.7 Å². The zero-order valence-corrected chi connectivity index (χ0v) is 11.6. The molecule has 1 aromatic rings. The summed E-state index contributed by atoms with van der Waals surface area (Å²) in [5.74, 6) is 2.14. The second-order valence-corrected chi connectivity index (χ2v) is 4.87. The molecule has 0 bridgehead atoms. The number of ether oxygens (including phenoxy) is 1. The molecule has 1 rings (SSSR count). The van der Waals surface area contributed by atoms with Crippen LogP contribution < -0.4 is 10.1 Å². The Morgan fingerprint density at radius 3 is 2.35 bits per heavy atom. The lowest BCUT2D eigenvalue weighted by molar-refractivity contribution is 0.414. The van der Waals surface area contributed by atoms with Crippen LogP contribution in [0.25, 0.3) is 0 Å². The molecule has 0 saturated carbocycles. The number of alkyl halides is 1. The molecule has 0 radical (unpaired) electrons. The fourth-order valence-corrected chi connectivity index (χ4v) is 2.13. The van der Waals surface area contributed by atoms with Crippen molar-refractivity contribution in [3.05, 3.63) is 29.8 Å². The summed E-state index contributed by atoms with van der Waals surface area (Å²) in [5, 5.41) is 3.48. The van der Waals surface area contributed by atoms with Gasteiger partial charge in [-0.25, -0.2) is 0 Å². The second-order valence-electron chi connectivity index (χ2n) is 4.56. The third-order valence-electron chi connectivity index (χ3n) is 2.95. The van der Waals surface area contributed by atoms with Crippen LogP contribution in [0.4, 0.5) is 0 Å². The average molecular weight is 256 g/mol. The molecule has 0 amide bonds. The zero-order valence-electron chi connectivity index (χ0n) is 10.9. The molecule has 2 nitrogen and oxygen atoms in total. The first-order valence-corrected chi connectivity index (χ1v) is 6.63. The summed E-state index contributed by atoms with van der Waals surface area (Å²) in [7, 11) is 1.68. The van der Waals surface area contributed by atoms with Crippen LogP contribution in [0.2, 0.25) is 0 Å². The summed E-state index contributed by atoms with van der Waals surface area (Å²) in [6.07, 6.45) is 1.02. The van der Waals surface area contributed by atoms with E-state index in [1.165, 1.54) is 5.56 Å². The minimum atomic E-state index is 0.398. The van der Waals surface area contributed by atoms with Gasteiger partial charge >= 0.3 is 0 Å². The highest BCUT2D eigenvalue weighted by Gasteiger charge is 2.10. The molecule has 0 heterocycles. The highest BCUT2D eigenvalue weighted by Crippen LogP contribution is 2.11. The summed E-state index contributed by atoms with van der Waals surface area (Å²) in [6.45, 7) is 5.34. The minimum absolute atomic E-state index is 0.398. The van der Waals surface area contributed by atoms with Gasteiger partial charge in [-0.3, -0.25) is 0 Å². The van der Waals surface area contributed by atoms with Gasteiger partial charge in [-0.1, -0.05) is 26.0 Å². The first kappa shape index (κ1) is 14.3. The van der Waals surface area contributed by atoms with E-state index in [4.69, 9.17) is 16.3 Å². The first-order valence-electron chi connectivity index (χ1n) is 6.09. The van der Waals surface area contributed by atoms with E-state index in [0.29, 0.717) is 17.8 Å². The Balaban J connectivity index is 2.34. The predicted octanol–water partition coefficient (Wildman–Crippen LogP) is 3.09. The third kappa shape index (κ3) is 4.97. The van der Waals surface area contributed by atoms with E-state index in [1.807, 2.05) is 12.1 Å². The van der Waals surface area contributed by atoms with Crippen LogP contribution in [0.3, 0.4) is 0 Å². The molecule has 0 aromatic heterocycles. The van der Waals surface area contributed by atoms with E-state index in [-0.39, 0.29) is 0 Å². The topological polar surface area (TPSA) is 21.3 Å². The second kappa shape index (κ2) is 7.57. The minimum Gasteiger partial charge on any atom is -0.497 e. The Morgan fingerprint density at radius 2 is 1.88 bits per heavy atom. The van der Waals surface area contributed by atoms with Crippen LogP contribution in [-0.2, 0) is 6.42 Å². The molecule has 0 aliphatic rings. The van der Waals surface area contributed by atoms with E-state index >= 15 is 0 Å². The molecule has 1 unspecified atom stereocenters. The summed E-state index contributed by atoms with van der Waals surface area (Å²) in [5.41, 5.74) is 1.32. The lowest BCUT2D eigenvalue weighted by Crippen LogP contribution is -2.36. The fraction of sp³-hybridized carbons (Fsp3) is 0.571. The molecule has 1 N–H and O–H groups in total. The molecule has 3 heteroatoms. The van der Waals surface area contributed by atoms with Crippen molar-refractivity contribution in [2.24, 2.45) is 5.92 Å². The molecule has 17 heavy (non-hydrogen) atoms. The van der Waals surface area contributed by atoms with Gasteiger partial charge in [-0.15, -0.1) is 11.6 Å². The van der Waals surface area contributed by atoms with E-state index in [1.54, 1.807) is 7.11 Å². The van der Waals surface area contributed by atoms with Gasteiger partial charge in [0.05, 0.1) is 7.11 Å². The standard InChI is InChI=1S/C14H22ClNO/c1-11(2)14(10-15)16-9-8-12-4-6-13(17-3)7-5-12/h4-7,11,14,16H,8-10H2,1-3H3. The molecule has 0 aliphatic heterocycles. The number of halogens is 1. The number of hydrogen-bond acceptors (Lipinski definition) is 2. The Morgan fingerprint density at radius 1 is 1.24 bits per heavy atom. The van der Waals surface area contributed by atoms with E-state index < -0.39 is 0 Å². The Kier molecular flexibility index (Phi) is 6.38. The monoisotopic (exact) mass is 255 g/mol. The lowest BCUT2D eigenvalue weighted by Gasteiger charge is -2.19. The summed E-state index contributed by atoms with van der Waals surface area (Å²) in [4.78, 5) is 0. The smallest absolute Gasteiger partial charge is 0.118 e. The quantitative estimate of drug-likeness (QED) is 0.756. The van der Waals surface area contributed by atoms with Crippen molar-refractivity contribution >= 4 is 11.6 Å². The van der Waals surface area contributed by atoms with E-state index in [9.17, 15) is 0 Å². The average Bonchev–Trinajstić information content (AvgIpc) is 2.35. The number of rotatable bonds is 7. The van der Waals surface area contributed by atoms with Crippen molar-refractivity contribution in [2.45, 2.75) is 26.3 Å². The summed E-state index contributed by atoms with van der Waals surface area (Å²) in [6, 6.07) is 8.60. The third-order valence-corrected chi connectivity index (χ3v) is 3.28. The van der Waals surface area contributed by atoms with Crippen LogP contribution >= 0.6 is 11.6 Å². The molecule has 1 aromatic carbocycles. The maximum atomic E-state index is 5.90. The highest BCUT2D eigenvalue weighted by atomic mass is 35.5. The predicted molar refractivity (Wildman–Crippen MR) is 74.0 cm³/mol. The van der Waals surface area contributed by atoms with Crippen molar-refractivity contribution in [3.8, 4) is 5.75 Å². The van der Waals surface area contributed by atoms with Crippen LogP contribution in [-0.4, -0.2) is 25.6 Å². The first-order chi connectivity index (χ1) is 8.17. The van der Waals surface area contributed by atoms with Crippen molar-refractivity contribution in [1.82, 2.24) is 5.32 Å². The van der Waals surface area contributed by atoms with E-state index in [2.05, 4.69) is 31.3 Å². The molecule has 0 spiro atoms. The fourth-order valence-electron chi connectivity index (χ4n) is 1.66. The number of methoxy groups -OCH3 is 1. The lowest BCUT2D eigenvalue weighted by atomic mass is 10.1. The summed E-state index contributed by atoms with van der Waals surface area (Å²) >= 11 is 5.90. The molecule has 96 valence electrons. The number of hydrogen-bond donors (Lipinski definition) is 1. The molecule has 0 saturated heterocycles. The van der Waals surface area contributed by atoms with Gasteiger partial charge < -0.3 is 10.1 Å². The van der Waals surface area contributed by atoms with Crippen molar-refractivity contribution in [2.75, 3.05) is 19.5 Å². The Labute approximate surface area is 109 Å². The summed E-state index contributed by atoms with van der Waals surface area (Å²) < 4.78 is 5.13. The van der Waals surface area contributed by atoms with Crippen LogP contribution in [0.1, 0.15) is 19.4 Å². The Hall–Kier alpha value is -0.730. The van der Waals surface area contributed by atoms with Gasteiger partial charge in [0.15, 0.2) is 0 Å². The molecular formula is C14H22ClNO. The maximum Gasteiger partial charge on any atom is 0.118 e. The molecule has 0 fully saturated rings. The van der Waals surface area contributed by atoms with Crippen molar-refractivity contribution in [1.29, 1.82) is 0 Å². The maximum absolute atomic E-state index is 5.90. The highest BCUT2D eigenvalue weighted by molar-refractivity contribution is 6.18. The van der Waals surface area contributed by atoms with Gasteiger partial charge in [0.2, 0.25) is 0 Å². The SMILES string of the molecule is COc1ccc(CCNC(CCl)C(C)C)cc1. The Bertz CT molecular complexity index is 311. The molecule has 0 aliphatic carbocycles. The largest absolute Gasteiger partial charge is 0.497 e. The van der Waals surface area contributed by atoms with Gasteiger partial charge in [-0.2, -0.15) is 0 Å². The van der Waals surface area contributed by atoms with Crippen LogP contribution in [0.5, 0.6) is 5.75 Å². The van der Waals surface area contributed by atoms with Crippen LogP contribution in [0, 0.1) is 5.92 Å². The zero-order chi connectivity index (χ0) is 12.7. The van der Waals surface area contributed by atoms with Gasteiger partial charge in [0.25, 0.3) is 0 Å². The van der Waals surface area contributed by atoms with Gasteiger partial charge in [-0.05, 0) is 36.6 Å². The van der Waals surface area contributed by atoms with Crippen LogP contribution in [0.15, 0.2) is 24.3 Å². The van der Waals surface area contributed by atoms with Gasteiger partial charge in [0.1, 0.15) is 5.75 Å². The molecule has 1 atom stereocenters. The van der Waals surface area contributed by atoms with Crippen molar-refractivity contribution in [3.63, 3.8) is 0 Å². The number of benzene rings is 1.